The van der Waals surface area contributed by atoms with Crippen LogP contribution in [0.25, 0.3) is 0 Å². The van der Waals surface area contributed by atoms with Crippen molar-refractivity contribution in [1.82, 2.24) is 9.78 Å². The van der Waals surface area contributed by atoms with Crippen molar-refractivity contribution in [3.05, 3.63) is 12.4 Å². The van der Waals surface area contributed by atoms with Gasteiger partial charge in [-0.3, -0.25) is 14.3 Å². The molecule has 1 rings (SSSR count). The fraction of sp³-hybridized carbons (Fsp3) is 0.545. The van der Waals surface area contributed by atoms with Gasteiger partial charge in [0.25, 0.3) is 0 Å². The first-order valence-corrected chi connectivity index (χ1v) is 5.75. The minimum atomic E-state index is -0.551. The highest BCUT2D eigenvalue weighted by Gasteiger charge is 2.15. The summed E-state index contributed by atoms with van der Waals surface area (Å²) in [6, 6.07) is -0.551. The van der Waals surface area contributed by atoms with Crippen LogP contribution < -0.4 is 16.8 Å². The molecule has 18 heavy (non-hydrogen) atoms. The van der Waals surface area contributed by atoms with Crippen LogP contribution in [0.1, 0.15) is 20.3 Å². The minimum absolute atomic E-state index is 0.0199. The SMILES string of the molecule is CC(C)CC(N)C(=O)Nc1cnn(CC(N)=O)c1. The predicted octanol–water partition coefficient (Wildman–Crippen LogP) is -0.320. The van der Waals surface area contributed by atoms with Gasteiger partial charge in [0, 0.05) is 6.20 Å². The van der Waals surface area contributed by atoms with E-state index >= 15 is 0 Å². The Morgan fingerprint density at radius 1 is 1.50 bits per heavy atom. The zero-order chi connectivity index (χ0) is 13.7. The number of nitrogens with one attached hydrogen (secondary N) is 1. The lowest BCUT2D eigenvalue weighted by atomic mass is 10.0. The molecular weight excluding hydrogens is 234 g/mol. The molecule has 7 nitrogen and oxygen atoms in total. The summed E-state index contributed by atoms with van der Waals surface area (Å²) in [6.07, 6.45) is 3.59. The van der Waals surface area contributed by atoms with Crippen LogP contribution >= 0.6 is 0 Å². The van der Waals surface area contributed by atoms with Gasteiger partial charge < -0.3 is 16.8 Å². The van der Waals surface area contributed by atoms with Crippen LogP contribution in [0.3, 0.4) is 0 Å². The molecule has 1 atom stereocenters. The van der Waals surface area contributed by atoms with Gasteiger partial charge in [0.05, 0.1) is 17.9 Å². The molecular formula is C11H19N5O2. The third-order valence-electron chi connectivity index (χ3n) is 2.28. The third kappa shape index (κ3) is 4.54. The maximum atomic E-state index is 11.7. The molecule has 1 heterocycles. The molecule has 2 amide bonds. The monoisotopic (exact) mass is 253 g/mol. The molecule has 0 fully saturated rings. The van der Waals surface area contributed by atoms with E-state index in [1.54, 1.807) is 0 Å². The van der Waals surface area contributed by atoms with Crippen molar-refractivity contribution in [3.63, 3.8) is 0 Å². The summed E-state index contributed by atoms with van der Waals surface area (Å²) in [4.78, 5) is 22.4. The summed E-state index contributed by atoms with van der Waals surface area (Å²) < 4.78 is 1.35. The molecule has 5 N–H and O–H groups in total. The summed E-state index contributed by atoms with van der Waals surface area (Å²) >= 11 is 0. The van der Waals surface area contributed by atoms with Gasteiger partial charge in [-0.25, -0.2) is 0 Å². The van der Waals surface area contributed by atoms with Gasteiger partial charge in [0.15, 0.2) is 0 Å². The highest BCUT2D eigenvalue weighted by atomic mass is 16.2. The Morgan fingerprint density at radius 3 is 2.72 bits per heavy atom. The summed E-state index contributed by atoms with van der Waals surface area (Å²) in [7, 11) is 0. The lowest BCUT2D eigenvalue weighted by Gasteiger charge is -2.12. The second-order valence-electron chi connectivity index (χ2n) is 4.62. The highest BCUT2D eigenvalue weighted by molar-refractivity contribution is 5.94. The molecule has 0 spiro atoms. The van der Waals surface area contributed by atoms with Gasteiger partial charge >= 0.3 is 0 Å². The van der Waals surface area contributed by atoms with Crippen LogP contribution in [-0.2, 0) is 16.1 Å². The maximum absolute atomic E-state index is 11.7. The smallest absolute Gasteiger partial charge is 0.241 e. The molecule has 0 aliphatic carbocycles. The number of amides is 2. The molecule has 0 bridgehead atoms. The Morgan fingerprint density at radius 2 is 2.17 bits per heavy atom. The molecule has 1 aromatic heterocycles. The first-order chi connectivity index (χ1) is 8.38. The minimum Gasteiger partial charge on any atom is -0.368 e. The fourth-order valence-electron chi connectivity index (χ4n) is 1.52. The average molecular weight is 253 g/mol. The van der Waals surface area contributed by atoms with Gasteiger partial charge in [-0.2, -0.15) is 5.10 Å². The van der Waals surface area contributed by atoms with E-state index < -0.39 is 11.9 Å². The van der Waals surface area contributed by atoms with Crippen LogP contribution in [0.5, 0.6) is 0 Å². The van der Waals surface area contributed by atoms with Crippen LogP contribution in [0.15, 0.2) is 12.4 Å². The van der Waals surface area contributed by atoms with Crippen LogP contribution in [0, 0.1) is 5.92 Å². The lowest BCUT2D eigenvalue weighted by molar-refractivity contribution is -0.119. The molecule has 0 radical (unpaired) electrons. The molecule has 0 saturated carbocycles. The molecule has 0 saturated heterocycles. The molecule has 0 aliphatic heterocycles. The summed E-state index contributed by atoms with van der Waals surface area (Å²) in [6.45, 7) is 3.98. The first kappa shape index (κ1) is 14.2. The van der Waals surface area contributed by atoms with Gasteiger partial charge in [-0.05, 0) is 12.3 Å². The van der Waals surface area contributed by atoms with Gasteiger partial charge in [-0.1, -0.05) is 13.8 Å². The molecule has 0 aromatic carbocycles. The summed E-state index contributed by atoms with van der Waals surface area (Å²) in [5, 5.41) is 6.53. The third-order valence-corrected chi connectivity index (χ3v) is 2.28. The fourth-order valence-corrected chi connectivity index (χ4v) is 1.52. The van der Waals surface area contributed by atoms with E-state index in [1.807, 2.05) is 13.8 Å². The lowest BCUT2D eigenvalue weighted by Crippen LogP contribution is -2.36. The number of anilines is 1. The van der Waals surface area contributed by atoms with E-state index in [0.29, 0.717) is 18.0 Å². The number of aromatic nitrogens is 2. The summed E-state index contributed by atoms with van der Waals surface area (Å²) in [5.74, 6) is -0.404. The second-order valence-corrected chi connectivity index (χ2v) is 4.62. The molecule has 100 valence electrons. The Hall–Kier alpha value is -1.89. The topological polar surface area (TPSA) is 116 Å². The number of carbonyl (C=O) groups excluding carboxylic acids is 2. The van der Waals surface area contributed by atoms with Crippen molar-refractivity contribution < 1.29 is 9.59 Å². The summed E-state index contributed by atoms with van der Waals surface area (Å²) in [5.41, 5.74) is 11.3. The predicted molar refractivity (Wildman–Crippen MR) is 67.5 cm³/mol. The Labute approximate surface area is 106 Å². The second kappa shape index (κ2) is 6.15. The van der Waals surface area contributed by atoms with Crippen molar-refractivity contribution in [2.24, 2.45) is 17.4 Å². The number of nitrogens with zero attached hydrogens (tertiary/aromatic N) is 2. The standard InChI is InChI=1S/C11H19N5O2/c1-7(2)3-9(12)11(18)15-8-4-14-16(5-8)6-10(13)17/h4-5,7,9H,3,6,12H2,1-2H3,(H2,13,17)(H,15,18). The molecule has 0 aliphatic rings. The average Bonchev–Trinajstić information content (AvgIpc) is 2.63. The maximum Gasteiger partial charge on any atom is 0.241 e. The Balaban J connectivity index is 2.54. The largest absolute Gasteiger partial charge is 0.368 e. The number of hydrogen-bond acceptors (Lipinski definition) is 4. The van der Waals surface area contributed by atoms with E-state index in [0.717, 1.165) is 0 Å². The zero-order valence-electron chi connectivity index (χ0n) is 10.6. The van der Waals surface area contributed by atoms with Crippen LogP contribution in [0.2, 0.25) is 0 Å². The number of primary amides is 1. The van der Waals surface area contributed by atoms with Gasteiger partial charge in [0.2, 0.25) is 11.8 Å². The normalized spacial score (nSPS) is 12.4. The van der Waals surface area contributed by atoms with Gasteiger partial charge in [0.1, 0.15) is 6.54 Å². The Kier molecular flexibility index (Phi) is 4.85. The molecule has 7 heteroatoms. The van der Waals surface area contributed by atoms with E-state index in [-0.39, 0.29) is 12.5 Å². The van der Waals surface area contributed by atoms with Crippen molar-refractivity contribution in [2.75, 3.05) is 5.32 Å². The molecule has 1 aromatic rings. The van der Waals surface area contributed by atoms with Crippen molar-refractivity contribution in [2.45, 2.75) is 32.9 Å². The van der Waals surface area contributed by atoms with E-state index in [2.05, 4.69) is 10.4 Å². The number of hydrogen-bond donors (Lipinski definition) is 3. The van der Waals surface area contributed by atoms with Crippen LogP contribution in [0.4, 0.5) is 5.69 Å². The van der Waals surface area contributed by atoms with Crippen molar-refractivity contribution >= 4 is 17.5 Å². The van der Waals surface area contributed by atoms with E-state index in [1.165, 1.54) is 17.1 Å². The van der Waals surface area contributed by atoms with Crippen molar-refractivity contribution in [1.29, 1.82) is 0 Å². The Bertz CT molecular complexity index is 427. The quantitative estimate of drug-likeness (QED) is 0.644. The zero-order valence-corrected chi connectivity index (χ0v) is 10.6. The van der Waals surface area contributed by atoms with E-state index in [9.17, 15) is 9.59 Å². The molecule has 1 unspecified atom stereocenters. The first-order valence-electron chi connectivity index (χ1n) is 5.75. The number of carbonyl (C=O) groups is 2. The van der Waals surface area contributed by atoms with E-state index in [4.69, 9.17) is 11.5 Å². The van der Waals surface area contributed by atoms with Crippen LogP contribution in [-0.4, -0.2) is 27.6 Å². The number of nitrogens with two attached hydrogens (primary N) is 2. The van der Waals surface area contributed by atoms with Gasteiger partial charge in [-0.15, -0.1) is 0 Å². The highest BCUT2D eigenvalue weighted by Crippen LogP contribution is 2.08. The number of rotatable bonds is 6. The van der Waals surface area contributed by atoms with Crippen molar-refractivity contribution in [3.8, 4) is 0 Å².